The van der Waals surface area contributed by atoms with Crippen molar-refractivity contribution in [1.29, 1.82) is 0 Å². The Morgan fingerprint density at radius 2 is 1.94 bits per heavy atom. The summed E-state index contributed by atoms with van der Waals surface area (Å²) in [6, 6.07) is 2.14. The number of nitrogens with zero attached hydrogens (tertiary/aromatic N) is 2. The van der Waals surface area contributed by atoms with E-state index in [1.165, 1.54) is 22.3 Å². The maximum Gasteiger partial charge on any atom is 0.242 e. The van der Waals surface area contributed by atoms with Gasteiger partial charge in [-0.15, -0.1) is 11.3 Å². The number of hydrogen-bond acceptors (Lipinski definition) is 7. The molecule has 36 heavy (non-hydrogen) atoms. The standard InChI is InChI=1S/C22H33ClN4O6S3/c1-2-3-13-35(30,31)24-15-17-6-4-12-27(17)21(28)16-26-11-5-7-19(22(26)29)25-36(32,33)14-10-18-8-9-20(23)34-18/h8-10,14,17,19,24-25H,2-7,11-13,15-16H2,1H3/b14-10+/t17-,19-/m0/s1. The van der Waals surface area contributed by atoms with Gasteiger partial charge in [0.15, 0.2) is 0 Å². The number of sulfonamides is 2. The number of amides is 2. The Kier molecular flexibility index (Phi) is 10.4. The summed E-state index contributed by atoms with van der Waals surface area (Å²) in [5.74, 6) is -0.654. The number of piperidine rings is 1. The van der Waals surface area contributed by atoms with Crippen molar-refractivity contribution in [2.45, 2.75) is 57.5 Å². The molecular formula is C22H33ClN4O6S3. The van der Waals surface area contributed by atoms with Crippen LogP contribution in [0.1, 0.15) is 50.3 Å². The molecule has 2 fully saturated rings. The van der Waals surface area contributed by atoms with E-state index in [0.717, 1.165) is 18.2 Å². The van der Waals surface area contributed by atoms with E-state index in [0.29, 0.717) is 48.0 Å². The van der Waals surface area contributed by atoms with Crippen LogP contribution in [0, 0.1) is 0 Å². The van der Waals surface area contributed by atoms with Crippen LogP contribution >= 0.6 is 22.9 Å². The van der Waals surface area contributed by atoms with Gasteiger partial charge in [0.25, 0.3) is 0 Å². The fourth-order valence-electron chi connectivity index (χ4n) is 4.28. The molecule has 0 aliphatic carbocycles. The van der Waals surface area contributed by atoms with Crippen molar-refractivity contribution >= 4 is 60.9 Å². The van der Waals surface area contributed by atoms with Gasteiger partial charge in [-0.25, -0.2) is 21.6 Å². The zero-order valence-electron chi connectivity index (χ0n) is 20.2. The highest BCUT2D eigenvalue weighted by atomic mass is 35.5. The summed E-state index contributed by atoms with van der Waals surface area (Å²) in [5, 5.41) is 1.00. The minimum Gasteiger partial charge on any atom is -0.337 e. The van der Waals surface area contributed by atoms with Gasteiger partial charge in [-0.2, -0.15) is 4.72 Å². The van der Waals surface area contributed by atoms with E-state index in [1.807, 2.05) is 6.92 Å². The number of likely N-dealkylation sites (tertiary alicyclic amines) is 2. The molecule has 10 nitrogen and oxygen atoms in total. The first-order valence-corrected chi connectivity index (χ1v) is 16.4. The number of hydrogen-bond donors (Lipinski definition) is 2. The van der Waals surface area contributed by atoms with E-state index in [1.54, 1.807) is 17.0 Å². The lowest BCUT2D eigenvalue weighted by atomic mass is 10.1. The summed E-state index contributed by atoms with van der Waals surface area (Å²) in [4.78, 5) is 29.6. The Hall–Kier alpha value is -1.51. The van der Waals surface area contributed by atoms with Crippen molar-refractivity contribution in [3.05, 3.63) is 26.8 Å². The maximum absolute atomic E-state index is 13.0. The molecule has 2 aliphatic heterocycles. The highest BCUT2D eigenvalue weighted by Gasteiger charge is 2.35. The predicted molar refractivity (Wildman–Crippen MR) is 141 cm³/mol. The van der Waals surface area contributed by atoms with Gasteiger partial charge in [0.2, 0.25) is 31.9 Å². The Bertz CT molecular complexity index is 1170. The molecule has 0 spiro atoms. The zero-order chi connectivity index (χ0) is 26.3. The van der Waals surface area contributed by atoms with Crippen molar-refractivity contribution in [1.82, 2.24) is 19.2 Å². The van der Waals surface area contributed by atoms with Gasteiger partial charge in [-0.05, 0) is 50.3 Å². The van der Waals surface area contributed by atoms with Crippen LogP contribution in [0.25, 0.3) is 6.08 Å². The van der Waals surface area contributed by atoms with Crippen LogP contribution in [-0.4, -0.2) is 82.5 Å². The third kappa shape index (κ3) is 8.52. The molecule has 14 heteroatoms. The van der Waals surface area contributed by atoms with Gasteiger partial charge < -0.3 is 9.80 Å². The van der Waals surface area contributed by atoms with Crippen molar-refractivity contribution in [2.24, 2.45) is 0 Å². The summed E-state index contributed by atoms with van der Waals surface area (Å²) in [6.07, 6.45) is 5.09. The van der Waals surface area contributed by atoms with Gasteiger partial charge in [0.1, 0.15) is 6.04 Å². The largest absolute Gasteiger partial charge is 0.337 e. The summed E-state index contributed by atoms with van der Waals surface area (Å²) in [6.45, 7) is 2.75. The zero-order valence-corrected chi connectivity index (χ0v) is 23.4. The smallest absolute Gasteiger partial charge is 0.242 e. The van der Waals surface area contributed by atoms with Gasteiger partial charge in [0, 0.05) is 36.0 Å². The van der Waals surface area contributed by atoms with Crippen LogP contribution < -0.4 is 9.44 Å². The Balaban J connectivity index is 1.55. The fourth-order valence-corrected chi connectivity index (χ4v) is 7.61. The predicted octanol–water partition coefficient (Wildman–Crippen LogP) is 1.99. The number of carbonyl (C=O) groups excluding carboxylic acids is 2. The van der Waals surface area contributed by atoms with Crippen molar-refractivity contribution in [3.63, 3.8) is 0 Å². The SMILES string of the molecule is CCCCS(=O)(=O)NC[C@@H]1CCCN1C(=O)CN1CCC[C@H](NS(=O)(=O)/C=C/c2ccc(Cl)s2)C1=O. The number of carbonyl (C=O) groups is 2. The van der Waals surface area contributed by atoms with Crippen LogP contribution in [0.2, 0.25) is 4.34 Å². The molecule has 202 valence electrons. The minimum atomic E-state index is -3.88. The summed E-state index contributed by atoms with van der Waals surface area (Å²) in [5.41, 5.74) is 0. The molecule has 3 heterocycles. The number of thiophene rings is 1. The molecule has 1 aromatic rings. The van der Waals surface area contributed by atoms with E-state index in [4.69, 9.17) is 11.6 Å². The normalized spacial score (nSPS) is 21.6. The minimum absolute atomic E-state index is 0.0556. The lowest BCUT2D eigenvalue weighted by Crippen LogP contribution is -2.55. The molecule has 0 aromatic carbocycles. The van der Waals surface area contributed by atoms with Gasteiger partial charge in [0.05, 0.1) is 16.6 Å². The molecule has 1 aromatic heterocycles. The molecule has 2 atom stereocenters. The molecule has 0 bridgehead atoms. The average Bonchev–Trinajstić information content (AvgIpc) is 3.46. The molecule has 0 saturated carbocycles. The summed E-state index contributed by atoms with van der Waals surface area (Å²) in [7, 11) is -7.27. The number of unbranched alkanes of at least 4 members (excludes halogenated alkanes) is 1. The second-order valence-electron chi connectivity index (χ2n) is 8.97. The van der Waals surface area contributed by atoms with Crippen molar-refractivity contribution in [2.75, 3.05) is 31.9 Å². The molecule has 2 N–H and O–H groups in total. The second-order valence-corrected chi connectivity index (χ2v) is 14.2. The monoisotopic (exact) mass is 580 g/mol. The molecular weight excluding hydrogens is 548 g/mol. The first-order chi connectivity index (χ1) is 17.0. The van der Waals surface area contributed by atoms with E-state index in [9.17, 15) is 26.4 Å². The average molecular weight is 581 g/mol. The summed E-state index contributed by atoms with van der Waals surface area (Å²) >= 11 is 7.10. The second kappa shape index (κ2) is 12.8. The Labute approximate surface area is 222 Å². The third-order valence-corrected chi connectivity index (χ3v) is 9.91. The Morgan fingerprint density at radius 3 is 2.64 bits per heavy atom. The first-order valence-electron chi connectivity index (χ1n) is 12.0. The van der Waals surface area contributed by atoms with Crippen molar-refractivity contribution in [3.8, 4) is 0 Å². The van der Waals surface area contributed by atoms with Gasteiger partial charge >= 0.3 is 0 Å². The fraction of sp³-hybridized carbons (Fsp3) is 0.636. The molecule has 0 radical (unpaired) electrons. The van der Waals surface area contributed by atoms with E-state index < -0.39 is 32.0 Å². The maximum atomic E-state index is 13.0. The topological polar surface area (TPSA) is 133 Å². The van der Waals surface area contributed by atoms with Crippen LogP contribution in [0.3, 0.4) is 0 Å². The van der Waals surface area contributed by atoms with Gasteiger partial charge in [-0.3, -0.25) is 9.59 Å². The number of rotatable bonds is 12. The molecule has 3 rings (SSSR count). The van der Waals surface area contributed by atoms with Crippen molar-refractivity contribution < 1.29 is 26.4 Å². The quantitative estimate of drug-likeness (QED) is 0.388. The van der Waals surface area contributed by atoms with Crippen LogP contribution in [0.4, 0.5) is 0 Å². The lowest BCUT2D eigenvalue weighted by Gasteiger charge is -2.34. The molecule has 2 saturated heterocycles. The highest BCUT2D eigenvalue weighted by Crippen LogP contribution is 2.23. The van der Waals surface area contributed by atoms with E-state index in [2.05, 4.69) is 9.44 Å². The summed E-state index contributed by atoms with van der Waals surface area (Å²) < 4.78 is 54.8. The highest BCUT2D eigenvalue weighted by molar-refractivity contribution is 7.92. The molecule has 2 aliphatic rings. The number of nitrogens with one attached hydrogen (secondary N) is 2. The first kappa shape index (κ1) is 29.1. The Morgan fingerprint density at radius 1 is 1.19 bits per heavy atom. The van der Waals surface area contributed by atoms with Crippen LogP contribution in [0.15, 0.2) is 17.5 Å². The van der Waals surface area contributed by atoms with Crippen LogP contribution in [0.5, 0.6) is 0 Å². The van der Waals surface area contributed by atoms with E-state index >= 15 is 0 Å². The van der Waals surface area contributed by atoms with E-state index in [-0.39, 0.29) is 30.8 Å². The number of halogens is 1. The third-order valence-electron chi connectivity index (χ3n) is 6.17. The van der Waals surface area contributed by atoms with Gasteiger partial charge in [-0.1, -0.05) is 24.9 Å². The lowest BCUT2D eigenvalue weighted by molar-refractivity contribution is -0.143. The molecule has 0 unspecified atom stereocenters. The molecule has 2 amide bonds. The van der Waals surface area contributed by atoms with Crippen LogP contribution in [-0.2, 0) is 29.6 Å².